The van der Waals surface area contributed by atoms with Crippen molar-refractivity contribution in [2.24, 2.45) is 0 Å². The first-order chi connectivity index (χ1) is 16.6. The summed E-state index contributed by atoms with van der Waals surface area (Å²) in [6, 6.07) is 15.1. The first kappa shape index (κ1) is 26.2. The van der Waals surface area contributed by atoms with Gasteiger partial charge in [0.2, 0.25) is 5.88 Å². The van der Waals surface area contributed by atoms with Gasteiger partial charge in [0.15, 0.2) is 0 Å². The lowest BCUT2D eigenvalue weighted by Crippen LogP contribution is -2.22. The molecule has 186 valence electrons. The van der Waals surface area contributed by atoms with Gasteiger partial charge in [-0.25, -0.2) is 9.78 Å². The molecule has 0 aliphatic heterocycles. The fourth-order valence-corrected chi connectivity index (χ4v) is 3.86. The molecule has 1 aromatic heterocycles. The van der Waals surface area contributed by atoms with Crippen LogP contribution >= 0.6 is 0 Å². The SMILES string of the molecule is CCOC(=O)c1ccc(OCc2cccc(-c3c(C)cc(OCCC(C)(C)O)nc3C)c2C)cc1. The third kappa shape index (κ3) is 7.06. The zero-order chi connectivity index (χ0) is 25.6. The fraction of sp³-hybridized carbons (Fsp3) is 0.379. The maximum absolute atomic E-state index is 11.8. The Balaban J connectivity index is 1.75. The summed E-state index contributed by atoms with van der Waals surface area (Å²) in [5.41, 5.74) is 6.08. The molecule has 0 spiro atoms. The van der Waals surface area contributed by atoms with E-state index in [2.05, 4.69) is 31.0 Å². The molecule has 0 saturated heterocycles. The number of carbonyl (C=O) groups excluding carboxylic acids is 1. The summed E-state index contributed by atoms with van der Waals surface area (Å²) in [5.74, 6) is 0.913. The number of rotatable bonds is 10. The smallest absolute Gasteiger partial charge is 0.338 e. The minimum atomic E-state index is -0.771. The molecule has 1 N–H and O–H groups in total. The molecule has 0 atom stereocenters. The van der Waals surface area contributed by atoms with E-state index in [1.807, 2.05) is 19.1 Å². The van der Waals surface area contributed by atoms with Crippen LogP contribution in [0.4, 0.5) is 0 Å². The monoisotopic (exact) mass is 477 g/mol. The second-order valence-electron chi connectivity index (χ2n) is 9.27. The van der Waals surface area contributed by atoms with E-state index in [0.717, 1.165) is 33.5 Å². The van der Waals surface area contributed by atoms with Gasteiger partial charge < -0.3 is 19.3 Å². The van der Waals surface area contributed by atoms with Crippen molar-refractivity contribution < 1.29 is 24.1 Å². The summed E-state index contributed by atoms with van der Waals surface area (Å²) in [7, 11) is 0. The van der Waals surface area contributed by atoms with Crippen LogP contribution < -0.4 is 9.47 Å². The van der Waals surface area contributed by atoms with Gasteiger partial charge in [-0.15, -0.1) is 0 Å². The summed E-state index contributed by atoms with van der Waals surface area (Å²) >= 11 is 0. The van der Waals surface area contributed by atoms with E-state index in [9.17, 15) is 9.90 Å². The van der Waals surface area contributed by atoms with Gasteiger partial charge in [0, 0.05) is 23.7 Å². The number of esters is 1. The highest BCUT2D eigenvalue weighted by Crippen LogP contribution is 2.33. The number of hydrogen-bond acceptors (Lipinski definition) is 6. The van der Waals surface area contributed by atoms with E-state index in [1.54, 1.807) is 45.0 Å². The lowest BCUT2D eigenvalue weighted by molar-refractivity contribution is 0.0523. The van der Waals surface area contributed by atoms with Crippen molar-refractivity contribution in [1.29, 1.82) is 0 Å². The number of carbonyl (C=O) groups is 1. The van der Waals surface area contributed by atoms with Crippen molar-refractivity contribution in [3.63, 3.8) is 0 Å². The quantitative estimate of drug-likeness (QED) is 0.363. The molecule has 0 saturated carbocycles. The number of aromatic nitrogens is 1. The Bertz CT molecular complexity index is 1140. The number of aliphatic hydroxyl groups is 1. The van der Waals surface area contributed by atoms with Crippen molar-refractivity contribution in [3.8, 4) is 22.8 Å². The molecule has 3 aromatic rings. The molecule has 6 heteroatoms. The molecular weight excluding hydrogens is 442 g/mol. The molecule has 0 bridgehead atoms. The van der Waals surface area contributed by atoms with Gasteiger partial charge in [-0.2, -0.15) is 0 Å². The van der Waals surface area contributed by atoms with Crippen LogP contribution in [0.25, 0.3) is 11.1 Å². The first-order valence-corrected chi connectivity index (χ1v) is 11.9. The van der Waals surface area contributed by atoms with Gasteiger partial charge >= 0.3 is 5.97 Å². The summed E-state index contributed by atoms with van der Waals surface area (Å²) in [6.07, 6.45) is 0.529. The Morgan fingerprint density at radius 2 is 1.74 bits per heavy atom. The Hall–Kier alpha value is -3.38. The van der Waals surface area contributed by atoms with Crippen LogP contribution in [0.15, 0.2) is 48.5 Å². The Kier molecular flexibility index (Phi) is 8.52. The van der Waals surface area contributed by atoms with E-state index < -0.39 is 5.60 Å². The number of nitrogens with zero attached hydrogens (tertiary/aromatic N) is 1. The molecule has 3 rings (SSSR count). The maximum Gasteiger partial charge on any atom is 0.338 e. The summed E-state index contributed by atoms with van der Waals surface area (Å²) in [4.78, 5) is 16.5. The standard InChI is InChI=1S/C29H35NO5/c1-7-33-28(31)22-11-13-24(14-12-22)35-18-23-9-8-10-25(20(23)3)27-19(2)17-26(30-21(27)4)34-16-15-29(5,6)32/h8-14,17,32H,7,15-16,18H2,1-6H3. The number of benzene rings is 2. The molecule has 1 heterocycles. The van der Waals surface area contributed by atoms with Gasteiger partial charge in [-0.1, -0.05) is 18.2 Å². The Morgan fingerprint density at radius 1 is 1.03 bits per heavy atom. The number of ether oxygens (including phenoxy) is 3. The van der Waals surface area contributed by atoms with E-state index in [-0.39, 0.29) is 5.97 Å². The molecule has 0 fully saturated rings. The molecule has 0 radical (unpaired) electrons. The molecule has 0 aliphatic carbocycles. The number of pyridine rings is 1. The zero-order valence-corrected chi connectivity index (χ0v) is 21.5. The number of aryl methyl sites for hydroxylation is 2. The van der Waals surface area contributed by atoms with E-state index in [1.165, 1.54) is 0 Å². The third-order valence-corrected chi connectivity index (χ3v) is 5.81. The third-order valence-electron chi connectivity index (χ3n) is 5.81. The van der Waals surface area contributed by atoms with E-state index >= 15 is 0 Å². The van der Waals surface area contributed by atoms with Gasteiger partial charge in [0.05, 0.1) is 24.4 Å². The molecular formula is C29H35NO5. The van der Waals surface area contributed by atoms with E-state index in [0.29, 0.717) is 43.4 Å². The van der Waals surface area contributed by atoms with Crippen LogP contribution in [0, 0.1) is 20.8 Å². The highest BCUT2D eigenvalue weighted by atomic mass is 16.5. The summed E-state index contributed by atoms with van der Waals surface area (Å²) in [5, 5.41) is 9.90. The van der Waals surface area contributed by atoms with Gasteiger partial charge in [0.1, 0.15) is 12.4 Å². The minimum absolute atomic E-state index is 0.337. The normalized spacial score (nSPS) is 11.3. The fourth-order valence-electron chi connectivity index (χ4n) is 3.86. The van der Waals surface area contributed by atoms with Gasteiger partial charge in [0.25, 0.3) is 0 Å². The molecule has 0 aliphatic rings. The first-order valence-electron chi connectivity index (χ1n) is 11.9. The largest absolute Gasteiger partial charge is 0.489 e. The predicted octanol–water partition coefficient (Wildman–Crippen LogP) is 5.97. The molecule has 2 aromatic carbocycles. The lowest BCUT2D eigenvalue weighted by atomic mass is 9.93. The maximum atomic E-state index is 11.8. The van der Waals surface area contributed by atoms with Crippen LogP contribution in [0.2, 0.25) is 0 Å². The van der Waals surface area contributed by atoms with Crippen molar-refractivity contribution in [2.75, 3.05) is 13.2 Å². The van der Waals surface area contributed by atoms with Crippen molar-refractivity contribution in [1.82, 2.24) is 4.98 Å². The summed E-state index contributed by atoms with van der Waals surface area (Å²) in [6.45, 7) is 12.6. The van der Waals surface area contributed by atoms with Gasteiger partial charge in [-0.05, 0) is 88.1 Å². The van der Waals surface area contributed by atoms with Crippen LogP contribution in [-0.2, 0) is 11.3 Å². The number of hydrogen-bond donors (Lipinski definition) is 1. The highest BCUT2D eigenvalue weighted by Gasteiger charge is 2.16. The Labute approximate surface area is 207 Å². The predicted molar refractivity (Wildman–Crippen MR) is 137 cm³/mol. The van der Waals surface area contributed by atoms with Crippen molar-refractivity contribution in [2.45, 2.75) is 60.2 Å². The molecule has 6 nitrogen and oxygen atoms in total. The van der Waals surface area contributed by atoms with Crippen molar-refractivity contribution >= 4 is 5.97 Å². The van der Waals surface area contributed by atoms with Crippen LogP contribution in [-0.4, -0.2) is 34.9 Å². The minimum Gasteiger partial charge on any atom is -0.489 e. The zero-order valence-electron chi connectivity index (χ0n) is 21.5. The van der Waals surface area contributed by atoms with Crippen LogP contribution in [0.1, 0.15) is 59.9 Å². The van der Waals surface area contributed by atoms with Crippen LogP contribution in [0.5, 0.6) is 11.6 Å². The topological polar surface area (TPSA) is 77.9 Å². The molecule has 35 heavy (non-hydrogen) atoms. The average Bonchev–Trinajstić information content (AvgIpc) is 2.78. The van der Waals surface area contributed by atoms with Gasteiger partial charge in [-0.3, -0.25) is 0 Å². The van der Waals surface area contributed by atoms with Crippen LogP contribution in [0.3, 0.4) is 0 Å². The van der Waals surface area contributed by atoms with Crippen molar-refractivity contribution in [3.05, 3.63) is 76.5 Å². The Morgan fingerprint density at radius 3 is 2.37 bits per heavy atom. The lowest BCUT2D eigenvalue weighted by Gasteiger charge is -2.19. The molecule has 0 unspecified atom stereocenters. The second kappa shape index (κ2) is 11.4. The second-order valence-corrected chi connectivity index (χ2v) is 9.27. The molecule has 0 amide bonds. The highest BCUT2D eigenvalue weighted by molar-refractivity contribution is 5.89. The summed E-state index contributed by atoms with van der Waals surface area (Å²) < 4.78 is 16.8. The van der Waals surface area contributed by atoms with E-state index in [4.69, 9.17) is 14.2 Å². The average molecular weight is 478 g/mol.